The number of ether oxygens (including phenoxy) is 2. The second-order valence-corrected chi connectivity index (χ2v) is 8.11. The van der Waals surface area contributed by atoms with Crippen LogP contribution >= 0.6 is 0 Å². The van der Waals surface area contributed by atoms with Gasteiger partial charge in [0, 0.05) is 18.6 Å². The molecule has 34 heavy (non-hydrogen) atoms. The Morgan fingerprint density at radius 2 is 1.68 bits per heavy atom. The highest BCUT2D eigenvalue weighted by molar-refractivity contribution is 6.00. The third-order valence-corrected chi connectivity index (χ3v) is 6.10. The molecule has 174 valence electrons. The molecule has 9 nitrogen and oxygen atoms in total. The van der Waals surface area contributed by atoms with E-state index in [4.69, 9.17) is 13.9 Å². The zero-order chi connectivity index (χ0) is 23.7. The lowest BCUT2D eigenvalue weighted by molar-refractivity contribution is -0.148. The van der Waals surface area contributed by atoms with Crippen molar-refractivity contribution in [1.82, 2.24) is 5.32 Å². The standard InChI is InChI=1S/C25H22N2O7/c28-23(26-20-10-12-33-22(20)24(29)30)21-19(9-11-32-21)27-25(31)34-13-18-16-7-3-1-5-14(16)15-6-2-4-8-17(15)18/h1-9,11,18,20,22H,10,12-13H2,(H,26,28)(H,27,31)(H,29,30)/t20-,22+/m1/s1. The Kier molecular flexibility index (Phi) is 5.77. The van der Waals surface area contributed by atoms with Crippen molar-refractivity contribution >= 4 is 23.7 Å². The van der Waals surface area contributed by atoms with Crippen molar-refractivity contribution in [3.63, 3.8) is 0 Å². The van der Waals surface area contributed by atoms with Gasteiger partial charge in [0.2, 0.25) is 5.76 Å². The number of carbonyl (C=O) groups excluding carboxylic acids is 2. The number of aliphatic carboxylic acids is 1. The summed E-state index contributed by atoms with van der Waals surface area (Å²) < 4.78 is 15.9. The summed E-state index contributed by atoms with van der Waals surface area (Å²) in [7, 11) is 0. The molecule has 0 spiro atoms. The first-order chi connectivity index (χ1) is 16.5. The number of fused-ring (bicyclic) bond motifs is 3. The Morgan fingerprint density at radius 3 is 2.35 bits per heavy atom. The predicted octanol–water partition coefficient (Wildman–Crippen LogP) is 3.61. The first-order valence-electron chi connectivity index (χ1n) is 10.9. The Balaban J connectivity index is 1.23. The number of nitrogens with one attached hydrogen (secondary N) is 2. The number of amides is 2. The minimum Gasteiger partial charge on any atom is -0.479 e. The Morgan fingerprint density at radius 1 is 1.00 bits per heavy atom. The molecule has 1 fully saturated rings. The Labute approximate surface area is 194 Å². The number of anilines is 1. The second-order valence-electron chi connectivity index (χ2n) is 8.11. The molecule has 0 unspecified atom stereocenters. The van der Waals surface area contributed by atoms with Gasteiger partial charge in [0.15, 0.2) is 6.10 Å². The number of hydrogen-bond donors (Lipinski definition) is 3. The van der Waals surface area contributed by atoms with Gasteiger partial charge in [-0.15, -0.1) is 0 Å². The fraction of sp³-hybridized carbons (Fsp3) is 0.240. The number of carbonyl (C=O) groups is 3. The molecule has 1 aliphatic heterocycles. The van der Waals surface area contributed by atoms with E-state index in [0.717, 1.165) is 22.3 Å². The van der Waals surface area contributed by atoms with E-state index in [1.807, 2.05) is 36.4 Å². The van der Waals surface area contributed by atoms with E-state index in [1.165, 1.54) is 12.3 Å². The molecule has 0 radical (unpaired) electrons. The second kappa shape index (κ2) is 9.03. The van der Waals surface area contributed by atoms with Gasteiger partial charge < -0.3 is 24.3 Å². The molecule has 2 aliphatic rings. The maximum atomic E-state index is 12.6. The molecule has 9 heteroatoms. The van der Waals surface area contributed by atoms with Crippen LogP contribution < -0.4 is 10.6 Å². The number of carboxylic acid groups (broad SMARTS) is 1. The first kappa shape index (κ1) is 21.7. The highest BCUT2D eigenvalue weighted by atomic mass is 16.5. The summed E-state index contributed by atoms with van der Waals surface area (Å²) >= 11 is 0. The number of furan rings is 1. The summed E-state index contributed by atoms with van der Waals surface area (Å²) in [4.78, 5) is 36.4. The monoisotopic (exact) mass is 462 g/mol. The molecule has 3 N–H and O–H groups in total. The fourth-order valence-corrected chi connectivity index (χ4v) is 4.54. The summed E-state index contributed by atoms with van der Waals surface area (Å²) in [5, 5.41) is 14.3. The molecule has 0 saturated carbocycles. The van der Waals surface area contributed by atoms with Crippen molar-refractivity contribution in [3.8, 4) is 11.1 Å². The molecule has 1 aromatic heterocycles. The molecule has 5 rings (SSSR count). The maximum absolute atomic E-state index is 12.6. The molecule has 3 aromatic rings. The number of rotatable bonds is 6. The van der Waals surface area contributed by atoms with Crippen molar-refractivity contribution in [3.05, 3.63) is 77.7 Å². The van der Waals surface area contributed by atoms with Crippen LogP contribution in [0.1, 0.15) is 34.0 Å². The zero-order valence-corrected chi connectivity index (χ0v) is 18.0. The summed E-state index contributed by atoms with van der Waals surface area (Å²) in [6.07, 6.45) is -0.241. The molecule has 1 saturated heterocycles. The van der Waals surface area contributed by atoms with Gasteiger partial charge >= 0.3 is 12.1 Å². The minimum absolute atomic E-state index is 0.0967. The number of hydrogen-bond acceptors (Lipinski definition) is 6. The van der Waals surface area contributed by atoms with Crippen molar-refractivity contribution in [2.24, 2.45) is 0 Å². The normalized spacial score (nSPS) is 18.7. The van der Waals surface area contributed by atoms with E-state index in [9.17, 15) is 19.5 Å². The van der Waals surface area contributed by atoms with Crippen LogP contribution in [0.5, 0.6) is 0 Å². The van der Waals surface area contributed by atoms with E-state index < -0.39 is 30.1 Å². The molecule has 0 bridgehead atoms. The summed E-state index contributed by atoms with van der Waals surface area (Å²) in [5.74, 6) is -2.05. The van der Waals surface area contributed by atoms with E-state index in [2.05, 4.69) is 22.8 Å². The molecule has 2 atom stereocenters. The third-order valence-electron chi connectivity index (χ3n) is 6.10. The Hall–Kier alpha value is -4.11. The van der Waals surface area contributed by atoms with Crippen molar-refractivity contribution in [2.75, 3.05) is 18.5 Å². The third kappa shape index (κ3) is 4.01. The van der Waals surface area contributed by atoms with Gasteiger partial charge in [-0.2, -0.15) is 0 Å². The van der Waals surface area contributed by atoms with Crippen molar-refractivity contribution in [1.29, 1.82) is 0 Å². The van der Waals surface area contributed by atoms with Crippen LogP contribution in [0.15, 0.2) is 65.3 Å². The summed E-state index contributed by atoms with van der Waals surface area (Å²) in [6, 6.07) is 16.8. The topological polar surface area (TPSA) is 127 Å². The predicted molar refractivity (Wildman–Crippen MR) is 121 cm³/mol. The van der Waals surface area contributed by atoms with E-state index in [-0.39, 0.29) is 30.6 Å². The lowest BCUT2D eigenvalue weighted by Crippen LogP contribution is -2.44. The van der Waals surface area contributed by atoms with Crippen LogP contribution in [0.4, 0.5) is 10.5 Å². The Bertz CT molecular complexity index is 1210. The molecule has 2 amide bonds. The maximum Gasteiger partial charge on any atom is 0.411 e. The van der Waals surface area contributed by atoms with Crippen LogP contribution in [0.25, 0.3) is 11.1 Å². The fourth-order valence-electron chi connectivity index (χ4n) is 4.54. The lowest BCUT2D eigenvalue weighted by Gasteiger charge is -2.16. The van der Waals surface area contributed by atoms with E-state index in [1.54, 1.807) is 0 Å². The average Bonchev–Trinajstić information content (AvgIpc) is 3.55. The van der Waals surface area contributed by atoms with E-state index in [0.29, 0.717) is 6.42 Å². The zero-order valence-electron chi connectivity index (χ0n) is 18.0. The SMILES string of the molecule is O=C(Nc1ccoc1C(=O)N[C@@H]1CCO[C@@H]1C(=O)O)OCC1c2ccccc2-c2ccccc21. The highest BCUT2D eigenvalue weighted by Gasteiger charge is 2.36. The van der Waals surface area contributed by atoms with Gasteiger partial charge in [0.1, 0.15) is 6.61 Å². The minimum atomic E-state index is -1.15. The van der Waals surface area contributed by atoms with Gasteiger partial charge in [-0.05, 0) is 28.7 Å². The van der Waals surface area contributed by atoms with Gasteiger partial charge in [-0.3, -0.25) is 10.1 Å². The summed E-state index contributed by atoms with van der Waals surface area (Å²) in [6.45, 7) is 0.351. The molecule has 2 aromatic carbocycles. The highest BCUT2D eigenvalue weighted by Crippen LogP contribution is 2.44. The average molecular weight is 462 g/mol. The first-order valence-corrected chi connectivity index (χ1v) is 10.9. The summed E-state index contributed by atoms with van der Waals surface area (Å²) in [5.41, 5.74) is 4.55. The van der Waals surface area contributed by atoms with Crippen molar-refractivity contribution < 1.29 is 33.4 Å². The molecular weight excluding hydrogens is 440 g/mol. The van der Waals surface area contributed by atoms with Gasteiger partial charge in [0.25, 0.3) is 5.91 Å². The number of benzene rings is 2. The smallest absolute Gasteiger partial charge is 0.411 e. The van der Waals surface area contributed by atoms with Crippen LogP contribution in [0, 0.1) is 0 Å². The quantitative estimate of drug-likeness (QED) is 0.511. The molecular formula is C25H22N2O7. The van der Waals surface area contributed by atoms with Crippen molar-refractivity contribution in [2.45, 2.75) is 24.5 Å². The largest absolute Gasteiger partial charge is 0.479 e. The van der Waals surface area contributed by atoms with Gasteiger partial charge in [0.05, 0.1) is 18.0 Å². The lowest BCUT2D eigenvalue weighted by atomic mass is 9.98. The van der Waals surface area contributed by atoms with Crippen LogP contribution in [0.3, 0.4) is 0 Å². The van der Waals surface area contributed by atoms with Gasteiger partial charge in [-0.1, -0.05) is 48.5 Å². The molecule has 1 aliphatic carbocycles. The molecule has 2 heterocycles. The van der Waals surface area contributed by atoms with E-state index >= 15 is 0 Å². The van der Waals surface area contributed by atoms with Crippen LogP contribution in [-0.4, -0.2) is 48.4 Å². The van der Waals surface area contributed by atoms with Crippen LogP contribution in [0.2, 0.25) is 0 Å². The number of carboxylic acids is 1. The van der Waals surface area contributed by atoms with Crippen LogP contribution in [-0.2, 0) is 14.3 Å². The van der Waals surface area contributed by atoms with Gasteiger partial charge in [-0.25, -0.2) is 9.59 Å².